The van der Waals surface area contributed by atoms with E-state index in [1.807, 2.05) is 103 Å². The van der Waals surface area contributed by atoms with Crippen molar-refractivity contribution in [2.24, 2.45) is 0 Å². The fourth-order valence-electron chi connectivity index (χ4n) is 3.82. The molecule has 4 nitrogen and oxygen atoms in total. The van der Waals surface area contributed by atoms with Crippen molar-refractivity contribution in [3.05, 3.63) is 120 Å². The second kappa shape index (κ2) is 8.36. The van der Waals surface area contributed by atoms with Gasteiger partial charge in [0.2, 0.25) is 0 Å². The van der Waals surface area contributed by atoms with E-state index >= 15 is 0 Å². The molecule has 0 saturated carbocycles. The number of rotatable bonds is 4. The molecule has 5 rings (SSSR count). The highest BCUT2D eigenvalue weighted by atomic mass is 16.2. The van der Waals surface area contributed by atoms with Crippen LogP contribution >= 0.6 is 0 Å². The normalized spacial score (nSPS) is 10.8. The summed E-state index contributed by atoms with van der Waals surface area (Å²) < 4.78 is 0. The maximum atomic E-state index is 13.3. The molecule has 0 radical (unpaired) electrons. The maximum absolute atomic E-state index is 13.3. The fraction of sp³-hybridized carbons (Fsp3) is 0. The molecular formula is C28H20N2O2. The predicted octanol–water partition coefficient (Wildman–Crippen LogP) is 6.50. The first-order chi connectivity index (χ1) is 15.7. The van der Waals surface area contributed by atoms with Crippen LogP contribution in [0.3, 0.4) is 0 Å². The highest BCUT2D eigenvalue weighted by Gasteiger charge is 2.16. The minimum atomic E-state index is -0.264. The molecule has 0 fully saturated rings. The van der Waals surface area contributed by atoms with Crippen LogP contribution in [-0.2, 0) is 0 Å². The first kappa shape index (κ1) is 19.5. The van der Waals surface area contributed by atoms with E-state index in [2.05, 4.69) is 10.6 Å². The lowest BCUT2D eigenvalue weighted by Crippen LogP contribution is -2.16. The Balaban J connectivity index is 1.62. The lowest BCUT2D eigenvalue weighted by atomic mass is 9.96. The van der Waals surface area contributed by atoms with E-state index in [0.29, 0.717) is 22.5 Å². The SMILES string of the molecule is O=C(Nc1ccccc1)c1cc(C(=O)Nc2ccccc2)c2cc3ccccc3cc2c1. The Bertz CT molecular complexity index is 1440. The van der Waals surface area contributed by atoms with Crippen molar-refractivity contribution in [3.8, 4) is 0 Å². The molecular weight excluding hydrogens is 396 g/mol. The third-order valence-electron chi connectivity index (χ3n) is 5.39. The van der Waals surface area contributed by atoms with E-state index in [1.54, 1.807) is 6.07 Å². The van der Waals surface area contributed by atoms with Crippen LogP contribution in [0.15, 0.2) is 109 Å². The predicted molar refractivity (Wildman–Crippen MR) is 130 cm³/mol. The zero-order chi connectivity index (χ0) is 21.9. The second-order valence-corrected chi connectivity index (χ2v) is 7.58. The Hall–Kier alpha value is -4.44. The van der Waals surface area contributed by atoms with E-state index in [0.717, 1.165) is 21.5 Å². The topological polar surface area (TPSA) is 58.2 Å². The van der Waals surface area contributed by atoms with Gasteiger partial charge >= 0.3 is 0 Å². The van der Waals surface area contributed by atoms with E-state index in [4.69, 9.17) is 0 Å². The molecule has 32 heavy (non-hydrogen) atoms. The van der Waals surface area contributed by atoms with Crippen molar-refractivity contribution in [1.29, 1.82) is 0 Å². The minimum absolute atomic E-state index is 0.258. The summed E-state index contributed by atoms with van der Waals surface area (Å²) in [5.41, 5.74) is 2.28. The molecule has 0 heterocycles. The van der Waals surface area contributed by atoms with Gasteiger partial charge in [-0.05, 0) is 70.1 Å². The van der Waals surface area contributed by atoms with Crippen molar-refractivity contribution in [1.82, 2.24) is 0 Å². The van der Waals surface area contributed by atoms with Gasteiger partial charge in [0.15, 0.2) is 0 Å². The van der Waals surface area contributed by atoms with Gasteiger partial charge in [0.1, 0.15) is 0 Å². The van der Waals surface area contributed by atoms with Gasteiger partial charge in [-0.15, -0.1) is 0 Å². The van der Waals surface area contributed by atoms with Gasteiger partial charge in [0.25, 0.3) is 11.8 Å². The quantitative estimate of drug-likeness (QED) is 0.329. The summed E-state index contributed by atoms with van der Waals surface area (Å²) in [5, 5.41) is 9.57. The molecule has 4 heteroatoms. The lowest BCUT2D eigenvalue weighted by Gasteiger charge is -2.13. The molecule has 0 aliphatic carbocycles. The molecule has 0 aliphatic rings. The third-order valence-corrected chi connectivity index (χ3v) is 5.39. The Labute approximate surface area is 185 Å². The van der Waals surface area contributed by atoms with Gasteiger partial charge in [0.05, 0.1) is 0 Å². The maximum Gasteiger partial charge on any atom is 0.256 e. The number of carbonyl (C=O) groups is 2. The number of hydrogen-bond donors (Lipinski definition) is 2. The largest absolute Gasteiger partial charge is 0.322 e. The molecule has 0 spiro atoms. The van der Waals surface area contributed by atoms with Crippen LogP contribution < -0.4 is 10.6 Å². The summed E-state index contributed by atoms with van der Waals surface area (Å²) in [5.74, 6) is -0.522. The van der Waals surface area contributed by atoms with Gasteiger partial charge in [-0.1, -0.05) is 60.7 Å². The van der Waals surface area contributed by atoms with Crippen LogP contribution in [0.4, 0.5) is 11.4 Å². The first-order valence-corrected chi connectivity index (χ1v) is 10.4. The molecule has 0 bridgehead atoms. The average Bonchev–Trinajstić information content (AvgIpc) is 2.83. The van der Waals surface area contributed by atoms with Gasteiger partial charge in [0, 0.05) is 22.5 Å². The number of amides is 2. The third kappa shape index (κ3) is 3.94. The Morgan fingerprint density at radius 1 is 0.500 bits per heavy atom. The van der Waals surface area contributed by atoms with Gasteiger partial charge in [-0.25, -0.2) is 0 Å². The molecule has 2 amide bonds. The summed E-state index contributed by atoms with van der Waals surface area (Å²) in [6, 6.07) is 34.1. The number of hydrogen-bond acceptors (Lipinski definition) is 2. The van der Waals surface area contributed by atoms with Crippen LogP contribution in [0.1, 0.15) is 20.7 Å². The van der Waals surface area contributed by atoms with Gasteiger partial charge in [-0.3, -0.25) is 9.59 Å². The van der Waals surface area contributed by atoms with Crippen LogP contribution in [0.5, 0.6) is 0 Å². The molecule has 0 aromatic heterocycles. The molecule has 5 aromatic rings. The van der Waals surface area contributed by atoms with E-state index < -0.39 is 0 Å². The van der Waals surface area contributed by atoms with E-state index in [9.17, 15) is 9.59 Å². The number of nitrogens with one attached hydrogen (secondary N) is 2. The number of carbonyl (C=O) groups excluding carboxylic acids is 2. The molecule has 0 unspecified atom stereocenters. The van der Waals surface area contributed by atoms with Gasteiger partial charge in [-0.2, -0.15) is 0 Å². The summed E-state index contributed by atoms with van der Waals surface area (Å²) in [4.78, 5) is 26.3. The van der Waals surface area contributed by atoms with Crippen molar-refractivity contribution in [2.45, 2.75) is 0 Å². The Morgan fingerprint density at radius 2 is 1.03 bits per heavy atom. The van der Waals surface area contributed by atoms with Crippen molar-refractivity contribution in [3.63, 3.8) is 0 Å². The van der Waals surface area contributed by atoms with Crippen LogP contribution in [-0.4, -0.2) is 11.8 Å². The zero-order valence-corrected chi connectivity index (χ0v) is 17.2. The van der Waals surface area contributed by atoms with E-state index in [1.165, 1.54) is 0 Å². The highest BCUT2D eigenvalue weighted by molar-refractivity contribution is 6.18. The number of anilines is 2. The smallest absolute Gasteiger partial charge is 0.256 e. The highest BCUT2D eigenvalue weighted by Crippen LogP contribution is 2.28. The number of para-hydroxylation sites is 2. The lowest BCUT2D eigenvalue weighted by molar-refractivity contribution is 0.102. The van der Waals surface area contributed by atoms with Crippen molar-refractivity contribution >= 4 is 44.7 Å². The molecule has 0 aliphatic heterocycles. The Morgan fingerprint density at radius 3 is 1.66 bits per heavy atom. The fourth-order valence-corrected chi connectivity index (χ4v) is 3.82. The van der Waals surface area contributed by atoms with Crippen LogP contribution in [0.25, 0.3) is 21.5 Å². The van der Waals surface area contributed by atoms with Gasteiger partial charge < -0.3 is 10.6 Å². The molecule has 2 N–H and O–H groups in total. The summed E-state index contributed by atoms with van der Waals surface area (Å²) >= 11 is 0. The summed E-state index contributed by atoms with van der Waals surface area (Å²) in [6.45, 7) is 0. The molecule has 0 atom stereocenters. The second-order valence-electron chi connectivity index (χ2n) is 7.58. The summed E-state index contributed by atoms with van der Waals surface area (Å²) in [7, 11) is 0. The van der Waals surface area contributed by atoms with Crippen molar-refractivity contribution < 1.29 is 9.59 Å². The minimum Gasteiger partial charge on any atom is -0.322 e. The zero-order valence-electron chi connectivity index (χ0n) is 17.2. The van der Waals surface area contributed by atoms with Crippen LogP contribution in [0, 0.1) is 0 Å². The number of benzene rings is 5. The molecule has 0 saturated heterocycles. The van der Waals surface area contributed by atoms with Crippen LogP contribution in [0.2, 0.25) is 0 Å². The summed E-state index contributed by atoms with van der Waals surface area (Å²) in [6.07, 6.45) is 0. The monoisotopic (exact) mass is 416 g/mol. The number of fused-ring (bicyclic) bond motifs is 2. The van der Waals surface area contributed by atoms with E-state index in [-0.39, 0.29) is 11.8 Å². The standard InChI is InChI=1S/C28H20N2O2/c31-27(29-23-11-3-1-4-12-23)22-16-21-15-19-9-7-8-10-20(19)17-25(21)26(18-22)28(32)30-24-13-5-2-6-14-24/h1-18H,(H,29,31)(H,30,32). The molecule has 154 valence electrons. The average molecular weight is 416 g/mol. The molecule has 5 aromatic carbocycles. The van der Waals surface area contributed by atoms with Crippen molar-refractivity contribution in [2.75, 3.05) is 10.6 Å². The Kier molecular flexibility index (Phi) is 5.10. The first-order valence-electron chi connectivity index (χ1n) is 10.4.